The number of halogens is 2. The van der Waals surface area contributed by atoms with Gasteiger partial charge in [-0.3, -0.25) is 0 Å². The van der Waals surface area contributed by atoms with E-state index >= 15 is 0 Å². The highest BCUT2D eigenvalue weighted by Crippen LogP contribution is 2.34. The summed E-state index contributed by atoms with van der Waals surface area (Å²) in [6.45, 7) is -0.868. The van der Waals surface area contributed by atoms with Gasteiger partial charge in [-0.1, -0.05) is 6.07 Å². The number of ether oxygens (including phenoxy) is 3. The molecule has 0 saturated carbocycles. The molecular formula is C17H16F2N2O4. The summed E-state index contributed by atoms with van der Waals surface area (Å²) < 4.78 is 39.0. The molecule has 25 heavy (non-hydrogen) atoms. The molecule has 2 aromatic carbocycles. The lowest BCUT2D eigenvalue weighted by Crippen LogP contribution is -2.31. The number of fused-ring (bicyclic) bond motifs is 1. The summed E-state index contributed by atoms with van der Waals surface area (Å²) in [5.74, 6) is 1.34. The molecule has 6 nitrogen and oxygen atoms in total. The summed E-state index contributed by atoms with van der Waals surface area (Å²) in [6, 6.07) is 10.4. The van der Waals surface area contributed by atoms with Crippen LogP contribution in [0, 0.1) is 0 Å². The van der Waals surface area contributed by atoms with Crippen LogP contribution in [0.15, 0.2) is 42.5 Å². The highest BCUT2D eigenvalue weighted by Gasteiger charge is 2.17. The van der Waals surface area contributed by atoms with E-state index in [-0.39, 0.29) is 18.6 Å². The fourth-order valence-corrected chi connectivity index (χ4v) is 2.35. The summed E-state index contributed by atoms with van der Waals surface area (Å²) in [5.41, 5.74) is 1.32. The Morgan fingerprint density at radius 1 is 1.12 bits per heavy atom. The van der Waals surface area contributed by atoms with Crippen LogP contribution >= 0.6 is 0 Å². The van der Waals surface area contributed by atoms with Crippen LogP contribution in [0.1, 0.15) is 18.5 Å². The molecule has 1 aliphatic rings. The third kappa shape index (κ3) is 4.28. The molecule has 132 valence electrons. The van der Waals surface area contributed by atoms with Crippen molar-refractivity contribution in [1.82, 2.24) is 5.32 Å². The minimum atomic E-state index is -2.88. The average Bonchev–Trinajstić information content (AvgIpc) is 3.03. The van der Waals surface area contributed by atoms with Crippen molar-refractivity contribution in [1.29, 1.82) is 0 Å². The molecule has 0 aliphatic carbocycles. The second kappa shape index (κ2) is 7.25. The Labute approximate surface area is 142 Å². The number of benzene rings is 2. The minimum Gasteiger partial charge on any atom is -0.454 e. The molecule has 1 aliphatic heterocycles. The molecule has 0 radical (unpaired) electrons. The summed E-state index contributed by atoms with van der Waals surface area (Å²) in [7, 11) is 0. The van der Waals surface area contributed by atoms with Gasteiger partial charge in [0.1, 0.15) is 5.75 Å². The van der Waals surface area contributed by atoms with Crippen molar-refractivity contribution >= 4 is 11.7 Å². The van der Waals surface area contributed by atoms with Gasteiger partial charge < -0.3 is 24.8 Å². The van der Waals surface area contributed by atoms with E-state index in [9.17, 15) is 13.6 Å². The molecule has 0 spiro atoms. The van der Waals surface area contributed by atoms with E-state index in [0.717, 1.165) is 5.56 Å². The summed E-state index contributed by atoms with van der Waals surface area (Å²) in [4.78, 5) is 12.1. The molecule has 1 heterocycles. The maximum atomic E-state index is 12.1. The van der Waals surface area contributed by atoms with Gasteiger partial charge in [0.15, 0.2) is 11.5 Å². The molecule has 3 rings (SSSR count). The van der Waals surface area contributed by atoms with Crippen molar-refractivity contribution in [3.05, 3.63) is 48.0 Å². The number of carbonyl (C=O) groups excluding carboxylic acids is 1. The van der Waals surface area contributed by atoms with Crippen LogP contribution in [0.5, 0.6) is 17.2 Å². The van der Waals surface area contributed by atoms with Gasteiger partial charge in [0.25, 0.3) is 0 Å². The molecule has 2 amide bonds. The standard InChI is InChI=1S/C17H16F2N2O4/c1-10(11-2-7-14-15(8-11)24-9-23-14)20-17(22)21-12-3-5-13(6-4-12)25-16(18)19/h2-8,10,16H,9H2,1H3,(H2,20,21,22)/t10-/m1/s1. The molecule has 0 saturated heterocycles. The predicted molar refractivity (Wildman–Crippen MR) is 86.2 cm³/mol. The number of carbonyl (C=O) groups is 1. The summed E-state index contributed by atoms with van der Waals surface area (Å²) >= 11 is 0. The predicted octanol–water partition coefficient (Wildman–Crippen LogP) is 3.90. The van der Waals surface area contributed by atoms with Crippen LogP contribution in [0.25, 0.3) is 0 Å². The topological polar surface area (TPSA) is 68.8 Å². The molecule has 0 unspecified atom stereocenters. The second-order valence-electron chi connectivity index (χ2n) is 5.34. The van der Waals surface area contributed by atoms with E-state index in [4.69, 9.17) is 9.47 Å². The third-order valence-electron chi connectivity index (χ3n) is 3.58. The van der Waals surface area contributed by atoms with Crippen LogP contribution in [0.2, 0.25) is 0 Å². The Hall–Kier alpha value is -3.03. The minimum absolute atomic E-state index is 0.0229. The number of urea groups is 1. The monoisotopic (exact) mass is 350 g/mol. The summed E-state index contributed by atoms with van der Waals surface area (Å²) in [6.07, 6.45) is 0. The lowest BCUT2D eigenvalue weighted by atomic mass is 10.1. The van der Waals surface area contributed by atoms with Crippen LogP contribution < -0.4 is 24.8 Å². The fraction of sp³-hybridized carbons (Fsp3) is 0.235. The lowest BCUT2D eigenvalue weighted by Gasteiger charge is -2.15. The van der Waals surface area contributed by atoms with Crippen molar-refractivity contribution in [2.75, 3.05) is 12.1 Å². The number of alkyl halides is 2. The van der Waals surface area contributed by atoms with Crippen LogP contribution in [-0.4, -0.2) is 19.4 Å². The molecule has 2 aromatic rings. The zero-order chi connectivity index (χ0) is 17.8. The number of hydrogen-bond donors (Lipinski definition) is 2. The zero-order valence-corrected chi connectivity index (χ0v) is 13.3. The average molecular weight is 350 g/mol. The van der Waals surface area contributed by atoms with Gasteiger partial charge in [0.05, 0.1) is 6.04 Å². The summed E-state index contributed by atoms with van der Waals surface area (Å²) in [5, 5.41) is 5.41. The van der Waals surface area contributed by atoms with Gasteiger partial charge in [-0.2, -0.15) is 8.78 Å². The van der Waals surface area contributed by atoms with E-state index in [1.165, 1.54) is 24.3 Å². The van der Waals surface area contributed by atoms with Crippen molar-refractivity contribution in [3.63, 3.8) is 0 Å². The number of anilines is 1. The molecule has 1 atom stereocenters. The third-order valence-corrected chi connectivity index (χ3v) is 3.58. The largest absolute Gasteiger partial charge is 0.454 e. The van der Waals surface area contributed by atoms with Crippen LogP contribution in [0.3, 0.4) is 0 Å². The molecule has 0 fully saturated rings. The molecule has 0 aromatic heterocycles. The first-order chi connectivity index (χ1) is 12.0. The Bertz CT molecular complexity index is 753. The smallest absolute Gasteiger partial charge is 0.387 e. The Balaban J connectivity index is 1.56. The Morgan fingerprint density at radius 2 is 1.84 bits per heavy atom. The zero-order valence-electron chi connectivity index (χ0n) is 13.3. The van der Waals surface area contributed by atoms with Gasteiger partial charge in [-0.05, 0) is 48.9 Å². The quantitative estimate of drug-likeness (QED) is 0.858. The van der Waals surface area contributed by atoms with Gasteiger partial charge in [-0.15, -0.1) is 0 Å². The Kier molecular flexibility index (Phi) is 4.87. The fourth-order valence-electron chi connectivity index (χ4n) is 2.35. The van der Waals surface area contributed by atoms with E-state index in [1.807, 2.05) is 19.1 Å². The first-order valence-electron chi connectivity index (χ1n) is 7.53. The van der Waals surface area contributed by atoms with Crippen LogP contribution in [-0.2, 0) is 0 Å². The molecular weight excluding hydrogens is 334 g/mol. The van der Waals surface area contributed by atoms with Crippen LogP contribution in [0.4, 0.5) is 19.3 Å². The van der Waals surface area contributed by atoms with Gasteiger partial charge in [-0.25, -0.2) is 4.79 Å². The number of nitrogens with one attached hydrogen (secondary N) is 2. The molecule has 2 N–H and O–H groups in total. The number of hydrogen-bond acceptors (Lipinski definition) is 4. The number of rotatable bonds is 5. The normalized spacial score (nSPS) is 13.4. The van der Waals surface area contributed by atoms with E-state index in [1.54, 1.807) is 6.07 Å². The van der Waals surface area contributed by atoms with E-state index in [2.05, 4.69) is 15.4 Å². The van der Waals surface area contributed by atoms with Crippen molar-refractivity contribution in [2.45, 2.75) is 19.6 Å². The number of amides is 2. The first kappa shape index (κ1) is 16.8. The van der Waals surface area contributed by atoms with Gasteiger partial charge >= 0.3 is 12.6 Å². The molecule has 0 bridgehead atoms. The lowest BCUT2D eigenvalue weighted by molar-refractivity contribution is -0.0498. The SMILES string of the molecule is C[C@@H](NC(=O)Nc1ccc(OC(F)F)cc1)c1ccc2c(c1)OCO2. The van der Waals surface area contributed by atoms with E-state index < -0.39 is 12.6 Å². The second-order valence-corrected chi connectivity index (χ2v) is 5.34. The highest BCUT2D eigenvalue weighted by molar-refractivity contribution is 5.89. The van der Waals surface area contributed by atoms with Gasteiger partial charge in [0.2, 0.25) is 6.79 Å². The van der Waals surface area contributed by atoms with Crippen molar-refractivity contribution in [3.8, 4) is 17.2 Å². The van der Waals surface area contributed by atoms with Gasteiger partial charge in [0, 0.05) is 5.69 Å². The maximum absolute atomic E-state index is 12.1. The molecule has 8 heteroatoms. The maximum Gasteiger partial charge on any atom is 0.387 e. The van der Waals surface area contributed by atoms with Crippen molar-refractivity contribution < 1.29 is 27.8 Å². The Morgan fingerprint density at radius 3 is 2.56 bits per heavy atom. The first-order valence-corrected chi connectivity index (χ1v) is 7.53. The highest BCUT2D eigenvalue weighted by atomic mass is 19.3. The van der Waals surface area contributed by atoms with Crippen molar-refractivity contribution in [2.24, 2.45) is 0 Å². The van der Waals surface area contributed by atoms with E-state index in [0.29, 0.717) is 17.2 Å².